The molecule has 0 bridgehead atoms. The molecule has 1 atom stereocenters. The number of pyridine rings is 1. The van der Waals surface area contributed by atoms with Gasteiger partial charge in [-0.15, -0.1) is 0 Å². The van der Waals surface area contributed by atoms with Gasteiger partial charge in [0.2, 0.25) is 5.95 Å². The molecule has 3 heterocycles. The number of rotatable bonds is 5. The van der Waals surface area contributed by atoms with Crippen LogP contribution < -0.4 is 15.8 Å². The molecule has 1 aromatic carbocycles. The lowest BCUT2D eigenvalue weighted by atomic mass is 10.0. The van der Waals surface area contributed by atoms with Crippen LogP contribution in [-0.4, -0.2) is 59.0 Å². The van der Waals surface area contributed by atoms with Crippen molar-refractivity contribution in [2.75, 3.05) is 38.1 Å². The van der Waals surface area contributed by atoms with E-state index in [1.54, 1.807) is 18.2 Å². The van der Waals surface area contributed by atoms with Gasteiger partial charge >= 0.3 is 0 Å². The summed E-state index contributed by atoms with van der Waals surface area (Å²) < 4.78 is 29.8. The minimum absolute atomic E-state index is 0.0244. The number of benzene rings is 1. The fraction of sp³-hybridized carbons (Fsp3) is 0.391. The first-order chi connectivity index (χ1) is 15.8. The number of nitrogens with one attached hydrogen (secondary N) is 2. The molecule has 1 saturated heterocycles. The quantitative estimate of drug-likeness (QED) is 0.573. The van der Waals surface area contributed by atoms with Gasteiger partial charge in [-0.3, -0.25) is 14.5 Å². The molecular formula is C23H26F2N6O2. The lowest BCUT2D eigenvalue weighted by Crippen LogP contribution is -2.47. The first-order valence-corrected chi connectivity index (χ1v) is 10.9. The number of aromatic amines is 1. The summed E-state index contributed by atoms with van der Waals surface area (Å²) in [5, 5.41) is 2.42. The number of amides is 1. The molecule has 8 nitrogen and oxygen atoms in total. The number of fused-ring (bicyclic) bond motifs is 1. The Balaban J connectivity index is 1.50. The van der Waals surface area contributed by atoms with Crippen LogP contribution >= 0.6 is 0 Å². The lowest BCUT2D eigenvalue weighted by molar-refractivity contribution is 0.0957. The summed E-state index contributed by atoms with van der Waals surface area (Å²) in [6.07, 6.45) is 0.472. The third-order valence-electron chi connectivity index (χ3n) is 6.18. The Kier molecular flexibility index (Phi) is 6.37. The Morgan fingerprint density at radius 2 is 1.88 bits per heavy atom. The molecule has 0 aliphatic carbocycles. The second-order valence-electron chi connectivity index (χ2n) is 8.01. The molecule has 0 saturated carbocycles. The van der Waals surface area contributed by atoms with Gasteiger partial charge in [0.25, 0.3) is 11.5 Å². The number of halogens is 2. The van der Waals surface area contributed by atoms with E-state index in [0.717, 1.165) is 0 Å². The summed E-state index contributed by atoms with van der Waals surface area (Å²) in [4.78, 5) is 38.4. The maximum Gasteiger partial charge on any atom is 0.270 e. The number of carbonyl (C=O) groups is 1. The Hall–Kier alpha value is -3.40. The van der Waals surface area contributed by atoms with Crippen LogP contribution in [0, 0.1) is 11.8 Å². The van der Waals surface area contributed by atoms with E-state index in [9.17, 15) is 14.0 Å². The molecule has 174 valence electrons. The van der Waals surface area contributed by atoms with Crippen molar-refractivity contribution in [2.45, 2.75) is 26.3 Å². The van der Waals surface area contributed by atoms with Crippen molar-refractivity contribution < 1.29 is 13.6 Å². The average Bonchev–Trinajstić information content (AvgIpc) is 2.83. The average molecular weight is 456 g/mol. The van der Waals surface area contributed by atoms with E-state index in [-0.39, 0.29) is 22.8 Å². The number of aromatic nitrogens is 3. The van der Waals surface area contributed by atoms with Crippen LogP contribution in [-0.2, 0) is 6.42 Å². The van der Waals surface area contributed by atoms with Gasteiger partial charge in [-0.1, -0.05) is 13.0 Å². The highest BCUT2D eigenvalue weighted by atomic mass is 19.1. The first-order valence-electron chi connectivity index (χ1n) is 10.9. The van der Waals surface area contributed by atoms with Crippen LogP contribution in [0.5, 0.6) is 0 Å². The summed E-state index contributed by atoms with van der Waals surface area (Å²) in [5.41, 5.74) is 1.38. The Morgan fingerprint density at radius 1 is 1.15 bits per heavy atom. The molecular weight excluding hydrogens is 430 g/mol. The second kappa shape index (κ2) is 9.22. The molecule has 4 rings (SSSR count). The van der Waals surface area contributed by atoms with Crippen molar-refractivity contribution in [3.63, 3.8) is 0 Å². The summed E-state index contributed by atoms with van der Waals surface area (Å²) in [6.45, 7) is 5.95. The van der Waals surface area contributed by atoms with Crippen molar-refractivity contribution >= 4 is 22.6 Å². The van der Waals surface area contributed by atoms with E-state index in [2.05, 4.69) is 25.2 Å². The van der Waals surface area contributed by atoms with Gasteiger partial charge in [-0.2, -0.15) is 4.39 Å². The Labute approximate surface area is 189 Å². The van der Waals surface area contributed by atoms with E-state index >= 15 is 4.39 Å². The molecule has 1 aliphatic heterocycles. The predicted octanol–water partition coefficient (Wildman–Crippen LogP) is 2.40. The summed E-state index contributed by atoms with van der Waals surface area (Å²) in [6, 6.07) is 6.24. The number of nitrogens with zero attached hydrogens (tertiary/aromatic N) is 4. The maximum absolute atomic E-state index is 15.3. The van der Waals surface area contributed by atoms with Crippen molar-refractivity contribution in [1.82, 2.24) is 25.2 Å². The van der Waals surface area contributed by atoms with Gasteiger partial charge < -0.3 is 15.2 Å². The SMILES string of the molecule is CCc1nc2ccc(C(C)N3CCN(c4ccc(C(=O)NC)nc4F)CC3)c(F)c2[nH]c1=O. The predicted molar refractivity (Wildman–Crippen MR) is 121 cm³/mol. The Bertz CT molecular complexity index is 1250. The minimum atomic E-state index is -0.693. The van der Waals surface area contributed by atoms with Crippen LogP contribution in [0.2, 0.25) is 0 Å². The molecule has 1 unspecified atom stereocenters. The number of hydrogen-bond acceptors (Lipinski definition) is 6. The topological polar surface area (TPSA) is 94.2 Å². The normalized spacial score (nSPS) is 15.6. The molecule has 3 aromatic rings. The smallest absolute Gasteiger partial charge is 0.270 e. The third-order valence-corrected chi connectivity index (χ3v) is 6.18. The van der Waals surface area contributed by atoms with Gasteiger partial charge in [0.05, 0.1) is 11.2 Å². The van der Waals surface area contributed by atoms with Crippen LogP contribution in [0.3, 0.4) is 0 Å². The van der Waals surface area contributed by atoms with Gasteiger partial charge in [-0.25, -0.2) is 14.4 Å². The largest absolute Gasteiger partial charge is 0.365 e. The maximum atomic E-state index is 15.3. The summed E-state index contributed by atoms with van der Waals surface area (Å²) in [5.74, 6) is -1.62. The van der Waals surface area contributed by atoms with E-state index < -0.39 is 17.7 Å². The second-order valence-corrected chi connectivity index (χ2v) is 8.01. The first kappa shape index (κ1) is 22.8. The molecule has 1 fully saturated rings. The van der Waals surface area contributed by atoms with Gasteiger partial charge in [0.15, 0.2) is 5.82 Å². The summed E-state index contributed by atoms with van der Waals surface area (Å²) >= 11 is 0. The van der Waals surface area contributed by atoms with Crippen LogP contribution in [0.15, 0.2) is 29.1 Å². The number of hydrogen-bond donors (Lipinski definition) is 2. The summed E-state index contributed by atoms with van der Waals surface area (Å²) in [7, 11) is 1.46. The van der Waals surface area contributed by atoms with Crippen molar-refractivity contribution in [3.8, 4) is 0 Å². The van der Waals surface area contributed by atoms with Crippen LogP contribution in [0.1, 0.15) is 41.6 Å². The fourth-order valence-electron chi connectivity index (χ4n) is 4.20. The van der Waals surface area contributed by atoms with Crippen molar-refractivity contribution in [1.29, 1.82) is 0 Å². The number of anilines is 1. The van der Waals surface area contributed by atoms with E-state index in [1.807, 2.05) is 18.7 Å². The van der Waals surface area contributed by atoms with E-state index in [1.165, 1.54) is 13.1 Å². The molecule has 0 radical (unpaired) electrons. The highest BCUT2D eigenvalue weighted by Gasteiger charge is 2.26. The molecule has 1 amide bonds. The fourth-order valence-corrected chi connectivity index (χ4v) is 4.20. The standard InChI is InChI=1S/C23H26F2N6O2/c1-4-15-23(33)29-20-16(27-15)6-5-14(19(20)24)13(2)30-9-11-31(12-10-30)18-8-7-17(22(32)26-3)28-21(18)25/h5-8,13H,4,9-12H2,1-3H3,(H,26,32)(H,29,33). The number of piperazine rings is 1. The monoisotopic (exact) mass is 456 g/mol. The number of H-pyrrole nitrogens is 1. The molecule has 2 aromatic heterocycles. The zero-order valence-corrected chi connectivity index (χ0v) is 18.8. The molecule has 2 N–H and O–H groups in total. The van der Waals surface area contributed by atoms with E-state index in [0.29, 0.717) is 55.1 Å². The highest BCUT2D eigenvalue weighted by molar-refractivity contribution is 5.92. The zero-order chi connectivity index (χ0) is 23.7. The van der Waals surface area contributed by atoms with Gasteiger partial charge in [-0.05, 0) is 31.5 Å². The van der Waals surface area contributed by atoms with Crippen molar-refractivity contribution in [3.05, 3.63) is 63.3 Å². The number of carbonyl (C=O) groups excluding carboxylic acids is 1. The Morgan fingerprint density at radius 3 is 2.52 bits per heavy atom. The molecule has 10 heteroatoms. The molecule has 1 aliphatic rings. The third kappa shape index (κ3) is 4.30. The number of aryl methyl sites for hydroxylation is 1. The molecule has 0 spiro atoms. The van der Waals surface area contributed by atoms with Gasteiger partial charge in [0, 0.05) is 44.8 Å². The van der Waals surface area contributed by atoms with Crippen LogP contribution in [0.25, 0.3) is 11.0 Å². The van der Waals surface area contributed by atoms with E-state index in [4.69, 9.17) is 0 Å². The highest BCUT2D eigenvalue weighted by Crippen LogP contribution is 2.29. The minimum Gasteiger partial charge on any atom is -0.365 e. The van der Waals surface area contributed by atoms with Gasteiger partial charge in [0.1, 0.15) is 16.9 Å². The molecule has 33 heavy (non-hydrogen) atoms. The van der Waals surface area contributed by atoms with Crippen molar-refractivity contribution in [2.24, 2.45) is 0 Å². The zero-order valence-electron chi connectivity index (χ0n) is 18.8. The lowest BCUT2D eigenvalue weighted by Gasteiger charge is -2.39. The van der Waals surface area contributed by atoms with Crippen LogP contribution in [0.4, 0.5) is 14.5 Å².